The zero-order valence-electron chi connectivity index (χ0n) is 8.25. The highest BCUT2D eigenvalue weighted by molar-refractivity contribution is 5.53. The highest BCUT2D eigenvalue weighted by Gasteiger charge is 2.37. The lowest BCUT2D eigenvalue weighted by Crippen LogP contribution is -2.38. The van der Waals surface area contributed by atoms with E-state index in [4.69, 9.17) is 5.73 Å². The Morgan fingerprint density at radius 2 is 1.80 bits per heavy atom. The second-order valence-corrected chi connectivity index (χ2v) is 3.32. The second-order valence-electron chi connectivity index (χ2n) is 3.32. The molecular weight excluding hydrogens is 203 g/mol. The summed E-state index contributed by atoms with van der Waals surface area (Å²) in [6, 6.07) is 6.89. The maximum Gasteiger partial charge on any atom is 0.407 e. The summed E-state index contributed by atoms with van der Waals surface area (Å²) < 4.78 is 36.7. The molecule has 82 valence electrons. The normalized spacial score (nSPS) is 15.1. The van der Waals surface area contributed by atoms with Crippen LogP contribution in [0.4, 0.5) is 13.2 Å². The van der Waals surface area contributed by atoms with Crippen molar-refractivity contribution in [3.63, 3.8) is 0 Å². The maximum absolute atomic E-state index is 12.2. The molecule has 0 spiro atoms. The van der Waals surface area contributed by atoms with Gasteiger partial charge in [-0.25, -0.2) is 0 Å². The van der Waals surface area contributed by atoms with Crippen molar-refractivity contribution in [1.82, 2.24) is 0 Å². The number of alkyl halides is 3. The van der Waals surface area contributed by atoms with Crippen LogP contribution in [0.15, 0.2) is 35.9 Å². The standard InChI is InChI=1S/C11H12F3N/c1-8(10(15)11(12,13)14)7-9-5-3-2-4-6-9/h2-7,10H,15H2,1H3/b8-7+. The van der Waals surface area contributed by atoms with Gasteiger partial charge in [0.1, 0.15) is 6.04 Å². The first kappa shape index (κ1) is 11.8. The Labute approximate surface area is 86.4 Å². The molecule has 0 aliphatic rings. The third-order valence-corrected chi connectivity index (χ3v) is 2.04. The highest BCUT2D eigenvalue weighted by atomic mass is 19.4. The lowest BCUT2D eigenvalue weighted by molar-refractivity contribution is -0.139. The molecule has 1 aromatic rings. The molecule has 0 saturated carbocycles. The first-order valence-corrected chi connectivity index (χ1v) is 4.47. The molecule has 0 saturated heterocycles. The third-order valence-electron chi connectivity index (χ3n) is 2.04. The monoisotopic (exact) mass is 215 g/mol. The quantitative estimate of drug-likeness (QED) is 0.806. The summed E-state index contributed by atoms with van der Waals surface area (Å²) in [5.74, 6) is 0. The smallest absolute Gasteiger partial charge is 0.317 e. The molecule has 0 aliphatic carbocycles. The first-order valence-electron chi connectivity index (χ1n) is 4.47. The summed E-state index contributed by atoms with van der Waals surface area (Å²) in [4.78, 5) is 0. The van der Waals surface area contributed by atoms with Gasteiger partial charge >= 0.3 is 6.18 Å². The zero-order valence-corrected chi connectivity index (χ0v) is 8.25. The van der Waals surface area contributed by atoms with Gasteiger partial charge in [0.15, 0.2) is 0 Å². The van der Waals surface area contributed by atoms with Gasteiger partial charge in [-0.3, -0.25) is 0 Å². The Hall–Kier alpha value is -1.29. The number of hydrogen-bond acceptors (Lipinski definition) is 1. The Morgan fingerprint density at radius 3 is 2.27 bits per heavy atom. The lowest BCUT2D eigenvalue weighted by Gasteiger charge is -2.16. The molecule has 0 aliphatic heterocycles. The predicted octanol–water partition coefficient (Wildman–Crippen LogP) is 2.98. The van der Waals surface area contributed by atoms with Crippen LogP contribution in [0.2, 0.25) is 0 Å². The van der Waals surface area contributed by atoms with Crippen LogP contribution >= 0.6 is 0 Å². The minimum absolute atomic E-state index is 0.105. The largest absolute Gasteiger partial charge is 0.407 e. The summed E-state index contributed by atoms with van der Waals surface area (Å²) in [6.07, 6.45) is -2.94. The zero-order chi connectivity index (χ0) is 11.5. The molecule has 0 bridgehead atoms. The molecule has 0 aromatic heterocycles. The van der Waals surface area contributed by atoms with Crippen molar-refractivity contribution in [2.75, 3.05) is 0 Å². The molecule has 1 unspecified atom stereocenters. The van der Waals surface area contributed by atoms with Crippen LogP contribution in [-0.4, -0.2) is 12.2 Å². The van der Waals surface area contributed by atoms with Gasteiger partial charge in [-0.1, -0.05) is 36.4 Å². The van der Waals surface area contributed by atoms with Gasteiger partial charge < -0.3 is 5.73 Å². The van der Waals surface area contributed by atoms with Crippen molar-refractivity contribution < 1.29 is 13.2 Å². The van der Waals surface area contributed by atoms with Gasteiger partial charge in [-0.2, -0.15) is 13.2 Å². The van der Waals surface area contributed by atoms with Gasteiger partial charge in [0.05, 0.1) is 0 Å². The summed E-state index contributed by atoms with van der Waals surface area (Å²) in [5, 5.41) is 0. The Morgan fingerprint density at radius 1 is 1.27 bits per heavy atom. The van der Waals surface area contributed by atoms with E-state index in [0.717, 1.165) is 5.56 Å². The Kier molecular flexibility index (Phi) is 3.52. The molecule has 1 rings (SSSR count). The highest BCUT2D eigenvalue weighted by Crippen LogP contribution is 2.24. The van der Waals surface area contributed by atoms with Gasteiger partial charge in [0, 0.05) is 0 Å². The molecule has 0 radical (unpaired) electrons. The lowest BCUT2D eigenvalue weighted by atomic mass is 10.1. The van der Waals surface area contributed by atoms with Gasteiger partial charge in [0.25, 0.3) is 0 Å². The summed E-state index contributed by atoms with van der Waals surface area (Å²) >= 11 is 0. The van der Waals surface area contributed by atoms with Crippen molar-refractivity contribution >= 4 is 6.08 Å². The van der Waals surface area contributed by atoms with E-state index in [1.807, 2.05) is 0 Å². The number of rotatable bonds is 2. The van der Waals surface area contributed by atoms with Crippen molar-refractivity contribution in [2.24, 2.45) is 5.73 Å². The fourth-order valence-electron chi connectivity index (χ4n) is 1.16. The first-order chi connectivity index (χ1) is 6.91. The van der Waals surface area contributed by atoms with E-state index in [-0.39, 0.29) is 5.57 Å². The van der Waals surface area contributed by atoms with E-state index in [1.165, 1.54) is 13.0 Å². The van der Waals surface area contributed by atoms with Crippen LogP contribution in [0, 0.1) is 0 Å². The van der Waals surface area contributed by atoms with Crippen LogP contribution in [0.3, 0.4) is 0 Å². The number of benzene rings is 1. The van der Waals surface area contributed by atoms with E-state index in [1.54, 1.807) is 30.3 Å². The van der Waals surface area contributed by atoms with Crippen molar-refractivity contribution in [3.05, 3.63) is 41.5 Å². The second kappa shape index (κ2) is 4.49. The van der Waals surface area contributed by atoms with E-state index >= 15 is 0 Å². The van der Waals surface area contributed by atoms with E-state index in [9.17, 15) is 13.2 Å². The van der Waals surface area contributed by atoms with Gasteiger partial charge in [-0.05, 0) is 18.1 Å². The molecule has 0 heterocycles. The molecule has 1 nitrogen and oxygen atoms in total. The fourth-order valence-corrected chi connectivity index (χ4v) is 1.16. The summed E-state index contributed by atoms with van der Waals surface area (Å²) in [6.45, 7) is 1.38. The molecule has 2 N–H and O–H groups in total. The number of hydrogen-bond donors (Lipinski definition) is 1. The average Bonchev–Trinajstić information content (AvgIpc) is 2.16. The van der Waals surface area contributed by atoms with Crippen molar-refractivity contribution in [1.29, 1.82) is 0 Å². The molecule has 15 heavy (non-hydrogen) atoms. The SMILES string of the molecule is C/C(=C\c1ccccc1)C(N)C(F)(F)F. The molecule has 1 aromatic carbocycles. The van der Waals surface area contributed by atoms with Crippen molar-refractivity contribution in [2.45, 2.75) is 19.1 Å². The predicted molar refractivity (Wildman–Crippen MR) is 54.1 cm³/mol. The summed E-state index contributed by atoms with van der Waals surface area (Å²) in [7, 11) is 0. The Bertz CT molecular complexity index is 341. The van der Waals surface area contributed by atoms with E-state index < -0.39 is 12.2 Å². The third kappa shape index (κ3) is 3.40. The van der Waals surface area contributed by atoms with Crippen LogP contribution in [0.1, 0.15) is 12.5 Å². The van der Waals surface area contributed by atoms with Crippen LogP contribution in [-0.2, 0) is 0 Å². The molecule has 0 fully saturated rings. The Balaban J connectivity index is 2.86. The van der Waals surface area contributed by atoms with E-state index in [0.29, 0.717) is 0 Å². The topological polar surface area (TPSA) is 26.0 Å². The van der Waals surface area contributed by atoms with Crippen LogP contribution in [0.25, 0.3) is 6.08 Å². The maximum atomic E-state index is 12.2. The minimum atomic E-state index is -4.38. The number of halogens is 3. The van der Waals surface area contributed by atoms with Gasteiger partial charge in [0.2, 0.25) is 0 Å². The fraction of sp³-hybridized carbons (Fsp3) is 0.273. The van der Waals surface area contributed by atoms with Crippen LogP contribution < -0.4 is 5.73 Å². The van der Waals surface area contributed by atoms with Crippen LogP contribution in [0.5, 0.6) is 0 Å². The molecule has 1 atom stereocenters. The summed E-state index contributed by atoms with van der Waals surface area (Å²) in [5.41, 5.74) is 5.87. The van der Waals surface area contributed by atoms with Gasteiger partial charge in [-0.15, -0.1) is 0 Å². The van der Waals surface area contributed by atoms with Crippen molar-refractivity contribution in [3.8, 4) is 0 Å². The minimum Gasteiger partial charge on any atom is -0.317 e. The molecule has 0 amide bonds. The molecular formula is C11H12F3N. The number of nitrogens with two attached hydrogens (primary N) is 1. The van der Waals surface area contributed by atoms with E-state index in [2.05, 4.69) is 0 Å². The molecule has 4 heteroatoms. The average molecular weight is 215 g/mol.